The lowest BCUT2D eigenvalue weighted by Gasteiger charge is -2.12. The van der Waals surface area contributed by atoms with Gasteiger partial charge < -0.3 is 9.47 Å². The fraction of sp³-hybridized carbons (Fsp3) is 0.176. The number of halogens is 1. The third-order valence-electron chi connectivity index (χ3n) is 3.58. The number of rotatable bonds is 3. The lowest BCUT2D eigenvalue weighted by molar-refractivity contribution is -0.129. The Labute approximate surface area is 127 Å². The first kappa shape index (κ1) is 14.3. The van der Waals surface area contributed by atoms with Crippen LogP contribution in [0.4, 0.5) is 4.39 Å². The number of fused-ring (bicyclic) bond motifs is 1. The molecule has 3 aromatic rings. The van der Waals surface area contributed by atoms with E-state index in [0.29, 0.717) is 0 Å². The Kier molecular flexibility index (Phi) is 3.63. The molecule has 0 saturated heterocycles. The summed E-state index contributed by atoms with van der Waals surface area (Å²) in [5.74, 6) is -0.274. The Morgan fingerprint density at radius 1 is 1.23 bits per heavy atom. The number of carbonyl (C=O) groups excluding carboxylic acids is 1. The Hall–Kier alpha value is -2.69. The largest absolute Gasteiger partial charge is 0.347 e. The molecule has 112 valence electrons. The van der Waals surface area contributed by atoms with Gasteiger partial charge >= 0.3 is 0 Å². The maximum atomic E-state index is 13.4. The van der Waals surface area contributed by atoms with Crippen LogP contribution in [0.3, 0.4) is 0 Å². The van der Waals surface area contributed by atoms with Gasteiger partial charge in [-0.1, -0.05) is 12.1 Å². The van der Waals surface area contributed by atoms with Crippen LogP contribution >= 0.6 is 0 Å². The first-order valence-corrected chi connectivity index (χ1v) is 6.95. The first-order valence-electron chi connectivity index (χ1n) is 6.95. The summed E-state index contributed by atoms with van der Waals surface area (Å²) in [6, 6.07) is 10.2. The molecule has 2 aromatic heterocycles. The molecule has 0 fully saturated rings. The van der Waals surface area contributed by atoms with Gasteiger partial charge in [0.25, 0.3) is 0 Å². The minimum absolute atomic E-state index is 0.00802. The van der Waals surface area contributed by atoms with Crippen molar-refractivity contribution < 1.29 is 9.18 Å². The van der Waals surface area contributed by atoms with Gasteiger partial charge in [-0.05, 0) is 29.8 Å². The Morgan fingerprint density at radius 2 is 2.05 bits per heavy atom. The lowest BCUT2D eigenvalue weighted by Crippen LogP contribution is -2.25. The predicted molar refractivity (Wildman–Crippen MR) is 83.8 cm³/mol. The van der Waals surface area contributed by atoms with Gasteiger partial charge in [0.1, 0.15) is 12.4 Å². The van der Waals surface area contributed by atoms with E-state index in [1.54, 1.807) is 31.3 Å². The molecule has 1 amide bonds. The highest BCUT2D eigenvalue weighted by Crippen LogP contribution is 2.24. The lowest BCUT2D eigenvalue weighted by atomic mass is 10.1. The molecule has 0 spiro atoms. The van der Waals surface area contributed by atoms with Gasteiger partial charge in [0.05, 0.1) is 11.0 Å². The van der Waals surface area contributed by atoms with Crippen LogP contribution in [0.5, 0.6) is 0 Å². The molecule has 22 heavy (non-hydrogen) atoms. The standard InChI is InChI=1S/C17H16FN3O/c1-20(2)17(22)11-21-7-6-15-16(21)9-13(10-19-15)12-4-3-5-14(18)8-12/h3-10H,11H2,1-2H3. The van der Waals surface area contributed by atoms with Gasteiger partial charge in [0.15, 0.2) is 0 Å². The smallest absolute Gasteiger partial charge is 0.241 e. The van der Waals surface area contributed by atoms with Crippen molar-refractivity contribution in [1.29, 1.82) is 0 Å². The highest BCUT2D eigenvalue weighted by atomic mass is 19.1. The van der Waals surface area contributed by atoms with Crippen molar-refractivity contribution in [1.82, 2.24) is 14.5 Å². The van der Waals surface area contributed by atoms with E-state index < -0.39 is 0 Å². The van der Waals surface area contributed by atoms with E-state index in [9.17, 15) is 9.18 Å². The fourth-order valence-corrected chi connectivity index (χ4v) is 2.31. The molecule has 0 N–H and O–H groups in total. The van der Waals surface area contributed by atoms with Gasteiger partial charge in [-0.25, -0.2) is 4.39 Å². The molecular weight excluding hydrogens is 281 g/mol. The zero-order chi connectivity index (χ0) is 15.7. The van der Waals surface area contributed by atoms with E-state index in [-0.39, 0.29) is 18.3 Å². The third-order valence-corrected chi connectivity index (χ3v) is 3.58. The number of carbonyl (C=O) groups is 1. The van der Waals surface area contributed by atoms with Crippen LogP contribution in [0.2, 0.25) is 0 Å². The summed E-state index contributed by atoms with van der Waals surface area (Å²) < 4.78 is 15.2. The second-order valence-corrected chi connectivity index (χ2v) is 5.37. The minimum atomic E-state index is -0.282. The quantitative estimate of drug-likeness (QED) is 0.745. The Morgan fingerprint density at radius 3 is 2.77 bits per heavy atom. The summed E-state index contributed by atoms with van der Waals surface area (Å²) in [6.45, 7) is 0.255. The number of nitrogens with zero attached hydrogens (tertiary/aromatic N) is 3. The molecule has 0 atom stereocenters. The number of benzene rings is 1. The minimum Gasteiger partial charge on any atom is -0.347 e. The highest BCUT2D eigenvalue weighted by molar-refractivity contribution is 5.84. The summed E-state index contributed by atoms with van der Waals surface area (Å²) in [5, 5.41) is 0. The number of hydrogen-bond acceptors (Lipinski definition) is 2. The number of hydrogen-bond donors (Lipinski definition) is 0. The van der Waals surface area contributed by atoms with Crippen molar-refractivity contribution in [3.63, 3.8) is 0 Å². The van der Waals surface area contributed by atoms with E-state index in [1.807, 2.05) is 29.0 Å². The van der Waals surface area contributed by atoms with Crippen LogP contribution in [-0.2, 0) is 11.3 Å². The normalized spacial score (nSPS) is 10.9. The second-order valence-electron chi connectivity index (χ2n) is 5.37. The molecule has 0 radical (unpaired) electrons. The molecule has 1 aromatic carbocycles. The molecule has 0 aliphatic carbocycles. The molecular formula is C17H16FN3O. The van der Waals surface area contributed by atoms with Crippen molar-refractivity contribution in [2.45, 2.75) is 6.54 Å². The van der Waals surface area contributed by atoms with Crippen molar-refractivity contribution >= 4 is 16.9 Å². The van der Waals surface area contributed by atoms with Crippen LogP contribution in [0, 0.1) is 5.82 Å². The molecule has 2 heterocycles. The Balaban J connectivity index is 2.03. The zero-order valence-electron chi connectivity index (χ0n) is 12.5. The van der Waals surface area contributed by atoms with Crippen LogP contribution in [0.15, 0.2) is 48.8 Å². The number of pyridine rings is 1. The fourth-order valence-electron chi connectivity index (χ4n) is 2.31. The average molecular weight is 297 g/mol. The molecule has 0 aliphatic heterocycles. The molecule has 0 bridgehead atoms. The maximum Gasteiger partial charge on any atom is 0.241 e. The molecule has 5 heteroatoms. The van der Waals surface area contributed by atoms with Crippen molar-refractivity contribution in [2.24, 2.45) is 0 Å². The van der Waals surface area contributed by atoms with E-state index >= 15 is 0 Å². The predicted octanol–water partition coefficient (Wildman–Crippen LogP) is 2.93. The molecule has 4 nitrogen and oxygen atoms in total. The number of aromatic nitrogens is 2. The summed E-state index contributed by atoms with van der Waals surface area (Å²) in [6.07, 6.45) is 3.56. The van der Waals surface area contributed by atoms with Crippen LogP contribution in [0.1, 0.15) is 0 Å². The SMILES string of the molecule is CN(C)C(=O)Cn1ccc2ncc(-c3cccc(F)c3)cc21. The topological polar surface area (TPSA) is 38.1 Å². The third kappa shape index (κ3) is 2.70. The van der Waals surface area contributed by atoms with Gasteiger partial charge in [-0.15, -0.1) is 0 Å². The average Bonchev–Trinajstić information content (AvgIpc) is 2.89. The van der Waals surface area contributed by atoms with E-state index in [0.717, 1.165) is 22.2 Å². The second kappa shape index (κ2) is 5.60. The van der Waals surface area contributed by atoms with E-state index in [2.05, 4.69) is 4.98 Å². The van der Waals surface area contributed by atoms with E-state index in [4.69, 9.17) is 0 Å². The maximum absolute atomic E-state index is 13.4. The number of amides is 1. The first-order chi connectivity index (χ1) is 10.5. The van der Waals surface area contributed by atoms with E-state index in [1.165, 1.54) is 12.1 Å². The van der Waals surface area contributed by atoms with Crippen molar-refractivity contribution in [3.05, 3.63) is 54.6 Å². The Bertz CT molecular complexity index is 839. The monoisotopic (exact) mass is 297 g/mol. The summed E-state index contributed by atoms with van der Waals surface area (Å²) in [5.41, 5.74) is 3.26. The van der Waals surface area contributed by atoms with Gasteiger partial charge in [-0.3, -0.25) is 9.78 Å². The van der Waals surface area contributed by atoms with Crippen molar-refractivity contribution in [3.8, 4) is 11.1 Å². The highest BCUT2D eigenvalue weighted by Gasteiger charge is 2.10. The molecule has 0 aliphatic rings. The van der Waals surface area contributed by atoms with Crippen LogP contribution in [0.25, 0.3) is 22.2 Å². The van der Waals surface area contributed by atoms with Gasteiger partial charge in [0, 0.05) is 32.1 Å². The molecule has 0 unspecified atom stereocenters. The van der Waals surface area contributed by atoms with Gasteiger partial charge in [-0.2, -0.15) is 0 Å². The molecule has 3 rings (SSSR count). The van der Waals surface area contributed by atoms with Crippen molar-refractivity contribution in [2.75, 3.05) is 14.1 Å². The summed E-state index contributed by atoms with van der Waals surface area (Å²) in [7, 11) is 3.45. The van der Waals surface area contributed by atoms with Crippen LogP contribution < -0.4 is 0 Å². The summed E-state index contributed by atoms with van der Waals surface area (Å²) in [4.78, 5) is 17.8. The van der Waals surface area contributed by atoms with Crippen LogP contribution in [-0.4, -0.2) is 34.5 Å². The zero-order valence-corrected chi connectivity index (χ0v) is 12.5. The molecule has 0 saturated carbocycles. The van der Waals surface area contributed by atoms with Gasteiger partial charge in [0.2, 0.25) is 5.91 Å². The summed E-state index contributed by atoms with van der Waals surface area (Å²) >= 11 is 0. The number of likely N-dealkylation sites (N-methyl/N-ethyl adjacent to an activating group) is 1.